The Labute approximate surface area is 140 Å². The van der Waals surface area contributed by atoms with Crippen LogP contribution in [-0.4, -0.2) is 30.9 Å². The molecule has 0 N–H and O–H groups in total. The summed E-state index contributed by atoms with van der Waals surface area (Å²) in [7, 11) is 0. The monoisotopic (exact) mass is 326 g/mol. The highest BCUT2D eigenvalue weighted by molar-refractivity contribution is 6.10. The van der Waals surface area contributed by atoms with Crippen LogP contribution in [0.5, 0.6) is 0 Å². The summed E-state index contributed by atoms with van der Waals surface area (Å²) >= 11 is 0. The molecule has 5 nitrogen and oxygen atoms in total. The third-order valence-electron chi connectivity index (χ3n) is 3.27. The molecule has 0 heterocycles. The van der Waals surface area contributed by atoms with E-state index in [4.69, 9.17) is 9.47 Å². The van der Waals surface area contributed by atoms with Gasteiger partial charge in [-0.2, -0.15) is 0 Å². The summed E-state index contributed by atoms with van der Waals surface area (Å²) < 4.78 is 9.87. The Balaban J connectivity index is 2.29. The van der Waals surface area contributed by atoms with Gasteiger partial charge in [-0.1, -0.05) is 24.3 Å². The third kappa shape index (κ3) is 4.07. The van der Waals surface area contributed by atoms with Gasteiger partial charge in [-0.15, -0.1) is 0 Å². The fourth-order valence-corrected chi connectivity index (χ4v) is 2.17. The molecule has 2 aromatic carbocycles. The minimum absolute atomic E-state index is 0.262. The Hall–Kier alpha value is -2.95. The standard InChI is InChI=1S/C19H18O5/c1-3-23-18(21)15-9-5-7-13(11-15)17(20)14-8-6-10-16(12-14)19(22)24-4-2/h5-12H,3-4H2,1-2H3. The van der Waals surface area contributed by atoms with Gasteiger partial charge in [0.25, 0.3) is 0 Å². The molecule has 24 heavy (non-hydrogen) atoms. The number of esters is 2. The third-order valence-corrected chi connectivity index (χ3v) is 3.27. The summed E-state index contributed by atoms with van der Waals surface area (Å²) in [5.74, 6) is -1.24. The summed E-state index contributed by atoms with van der Waals surface area (Å²) in [6.07, 6.45) is 0. The maximum Gasteiger partial charge on any atom is 0.338 e. The minimum atomic E-state index is -0.479. The number of carbonyl (C=O) groups excluding carboxylic acids is 3. The first-order valence-corrected chi connectivity index (χ1v) is 7.65. The summed E-state index contributed by atoms with van der Waals surface area (Å²) in [6, 6.07) is 12.6. The van der Waals surface area contributed by atoms with Crippen molar-refractivity contribution in [3.8, 4) is 0 Å². The molecule has 0 aromatic heterocycles. The lowest BCUT2D eigenvalue weighted by molar-refractivity contribution is 0.0517. The van der Waals surface area contributed by atoms with E-state index < -0.39 is 11.9 Å². The number of benzene rings is 2. The van der Waals surface area contributed by atoms with Gasteiger partial charge in [0.1, 0.15) is 0 Å². The Bertz CT molecular complexity index is 700. The SMILES string of the molecule is CCOC(=O)c1cccc(C(=O)c2cccc(C(=O)OCC)c2)c1. The van der Waals surface area contributed by atoms with E-state index in [9.17, 15) is 14.4 Å². The van der Waals surface area contributed by atoms with Crippen LogP contribution in [-0.2, 0) is 9.47 Å². The lowest BCUT2D eigenvalue weighted by Gasteiger charge is -2.06. The van der Waals surface area contributed by atoms with E-state index in [2.05, 4.69) is 0 Å². The average Bonchev–Trinajstić information content (AvgIpc) is 2.61. The van der Waals surface area contributed by atoms with Gasteiger partial charge < -0.3 is 9.47 Å². The van der Waals surface area contributed by atoms with Gasteiger partial charge in [-0.3, -0.25) is 4.79 Å². The Morgan fingerprint density at radius 3 is 1.46 bits per heavy atom. The topological polar surface area (TPSA) is 69.7 Å². The first-order chi connectivity index (χ1) is 11.6. The Morgan fingerprint density at radius 1 is 0.708 bits per heavy atom. The number of ether oxygens (including phenoxy) is 2. The van der Waals surface area contributed by atoms with Crippen LogP contribution >= 0.6 is 0 Å². The van der Waals surface area contributed by atoms with Crippen LogP contribution in [0.15, 0.2) is 48.5 Å². The molecule has 0 aliphatic carbocycles. The zero-order valence-electron chi connectivity index (χ0n) is 13.6. The van der Waals surface area contributed by atoms with Crippen molar-refractivity contribution in [3.05, 3.63) is 70.8 Å². The Morgan fingerprint density at radius 2 is 1.08 bits per heavy atom. The molecule has 0 saturated heterocycles. The summed E-state index contributed by atoms with van der Waals surface area (Å²) in [5.41, 5.74) is 1.32. The molecule has 0 radical (unpaired) electrons. The van der Waals surface area contributed by atoms with Crippen LogP contribution < -0.4 is 0 Å². The van der Waals surface area contributed by atoms with Gasteiger partial charge in [-0.05, 0) is 38.1 Å². The van der Waals surface area contributed by atoms with Crippen LogP contribution in [0.3, 0.4) is 0 Å². The highest BCUT2D eigenvalue weighted by Crippen LogP contribution is 2.15. The molecule has 0 spiro atoms. The quantitative estimate of drug-likeness (QED) is 0.602. The molecular formula is C19H18O5. The normalized spacial score (nSPS) is 10.1. The van der Waals surface area contributed by atoms with E-state index in [0.717, 1.165) is 0 Å². The largest absolute Gasteiger partial charge is 0.462 e. The second-order valence-electron chi connectivity index (χ2n) is 4.93. The van der Waals surface area contributed by atoms with Crippen molar-refractivity contribution in [3.63, 3.8) is 0 Å². The number of hydrogen-bond donors (Lipinski definition) is 0. The number of hydrogen-bond acceptors (Lipinski definition) is 5. The van der Waals surface area contributed by atoms with Crippen LogP contribution in [0.25, 0.3) is 0 Å². The first-order valence-electron chi connectivity index (χ1n) is 7.65. The second-order valence-corrected chi connectivity index (χ2v) is 4.93. The zero-order chi connectivity index (χ0) is 17.5. The maximum atomic E-state index is 12.6. The molecule has 2 rings (SSSR count). The summed E-state index contributed by atoms with van der Waals surface area (Å²) in [6.45, 7) is 3.96. The number of rotatable bonds is 6. The lowest BCUT2D eigenvalue weighted by atomic mass is 10.00. The summed E-state index contributed by atoms with van der Waals surface area (Å²) in [4.78, 5) is 36.2. The van der Waals surface area contributed by atoms with Gasteiger partial charge in [0.05, 0.1) is 24.3 Å². The minimum Gasteiger partial charge on any atom is -0.462 e. The van der Waals surface area contributed by atoms with Crippen molar-refractivity contribution in [2.24, 2.45) is 0 Å². The van der Waals surface area contributed by atoms with Gasteiger partial charge >= 0.3 is 11.9 Å². The molecule has 5 heteroatoms. The van der Waals surface area contributed by atoms with E-state index >= 15 is 0 Å². The highest BCUT2D eigenvalue weighted by Gasteiger charge is 2.15. The molecule has 2 aromatic rings. The van der Waals surface area contributed by atoms with E-state index in [1.165, 1.54) is 12.1 Å². The molecule has 0 unspecified atom stereocenters. The maximum absolute atomic E-state index is 12.6. The molecule has 0 fully saturated rings. The second kappa shape index (κ2) is 8.06. The van der Waals surface area contributed by atoms with Gasteiger partial charge in [0, 0.05) is 11.1 Å². The molecule has 0 atom stereocenters. The molecule has 0 amide bonds. The molecule has 0 aliphatic heterocycles. The van der Waals surface area contributed by atoms with E-state index in [1.807, 2.05) is 0 Å². The van der Waals surface area contributed by atoms with Crippen molar-refractivity contribution < 1.29 is 23.9 Å². The van der Waals surface area contributed by atoms with E-state index in [1.54, 1.807) is 50.2 Å². The summed E-state index contributed by atoms with van der Waals surface area (Å²) in [5, 5.41) is 0. The Kier molecular flexibility index (Phi) is 5.84. The van der Waals surface area contributed by atoms with Gasteiger partial charge in [0.2, 0.25) is 0 Å². The fraction of sp³-hybridized carbons (Fsp3) is 0.211. The predicted octanol–water partition coefficient (Wildman–Crippen LogP) is 3.27. The highest BCUT2D eigenvalue weighted by atomic mass is 16.5. The molecule has 124 valence electrons. The van der Waals surface area contributed by atoms with Crippen molar-refractivity contribution in [2.75, 3.05) is 13.2 Å². The van der Waals surface area contributed by atoms with Gasteiger partial charge in [-0.25, -0.2) is 9.59 Å². The zero-order valence-corrected chi connectivity index (χ0v) is 13.6. The average molecular weight is 326 g/mol. The van der Waals surface area contributed by atoms with Crippen LogP contribution in [0.1, 0.15) is 50.5 Å². The van der Waals surface area contributed by atoms with Crippen molar-refractivity contribution >= 4 is 17.7 Å². The predicted molar refractivity (Wildman–Crippen MR) is 88.2 cm³/mol. The van der Waals surface area contributed by atoms with Crippen LogP contribution in [0.2, 0.25) is 0 Å². The fourth-order valence-electron chi connectivity index (χ4n) is 2.17. The molecule has 0 saturated carbocycles. The molecular weight excluding hydrogens is 308 g/mol. The number of carbonyl (C=O) groups is 3. The van der Waals surface area contributed by atoms with Crippen LogP contribution in [0.4, 0.5) is 0 Å². The van der Waals surface area contributed by atoms with Crippen molar-refractivity contribution in [1.29, 1.82) is 0 Å². The van der Waals surface area contributed by atoms with Crippen LogP contribution in [0, 0.1) is 0 Å². The molecule has 0 aliphatic rings. The van der Waals surface area contributed by atoms with Crippen molar-refractivity contribution in [2.45, 2.75) is 13.8 Å². The van der Waals surface area contributed by atoms with Gasteiger partial charge in [0.15, 0.2) is 5.78 Å². The van der Waals surface area contributed by atoms with E-state index in [-0.39, 0.29) is 19.0 Å². The molecule has 0 bridgehead atoms. The van der Waals surface area contributed by atoms with Crippen molar-refractivity contribution in [1.82, 2.24) is 0 Å². The smallest absolute Gasteiger partial charge is 0.338 e. The lowest BCUT2D eigenvalue weighted by Crippen LogP contribution is -2.09. The van der Waals surface area contributed by atoms with E-state index in [0.29, 0.717) is 22.3 Å². The number of ketones is 1. The first kappa shape index (κ1) is 17.4.